The molecular weight excluding hydrogens is 286 g/mol. The topological polar surface area (TPSA) is 49.0 Å². The number of aromatic amines is 1. The third-order valence-corrected chi connectivity index (χ3v) is 4.52. The van der Waals surface area contributed by atoms with Gasteiger partial charge in [-0.2, -0.15) is 0 Å². The van der Waals surface area contributed by atoms with Gasteiger partial charge in [-0.1, -0.05) is 42.5 Å². The first-order valence-electron chi connectivity index (χ1n) is 8.06. The predicted octanol–water partition coefficient (Wildman–Crippen LogP) is 3.12. The van der Waals surface area contributed by atoms with Crippen LogP contribution in [-0.2, 0) is 11.2 Å². The van der Waals surface area contributed by atoms with Crippen LogP contribution in [0.25, 0.3) is 11.0 Å². The Bertz CT molecular complexity index is 792. The van der Waals surface area contributed by atoms with Crippen molar-refractivity contribution in [1.29, 1.82) is 0 Å². The van der Waals surface area contributed by atoms with Gasteiger partial charge in [-0.3, -0.25) is 4.79 Å². The van der Waals surface area contributed by atoms with Crippen molar-refractivity contribution in [2.24, 2.45) is 0 Å². The van der Waals surface area contributed by atoms with Gasteiger partial charge in [-0.25, -0.2) is 4.98 Å². The zero-order valence-corrected chi connectivity index (χ0v) is 12.9. The summed E-state index contributed by atoms with van der Waals surface area (Å²) >= 11 is 0. The molecule has 1 N–H and O–H groups in total. The monoisotopic (exact) mass is 305 g/mol. The van der Waals surface area contributed by atoms with Crippen LogP contribution >= 0.6 is 0 Å². The second-order valence-corrected chi connectivity index (χ2v) is 6.12. The fraction of sp³-hybridized carbons (Fsp3) is 0.263. The van der Waals surface area contributed by atoms with Crippen LogP contribution in [-0.4, -0.2) is 33.9 Å². The van der Waals surface area contributed by atoms with Crippen molar-refractivity contribution in [2.75, 3.05) is 13.1 Å². The first kappa shape index (κ1) is 14.0. The van der Waals surface area contributed by atoms with E-state index in [4.69, 9.17) is 0 Å². The van der Waals surface area contributed by atoms with E-state index in [-0.39, 0.29) is 11.8 Å². The van der Waals surface area contributed by atoms with Gasteiger partial charge in [0, 0.05) is 25.4 Å². The van der Waals surface area contributed by atoms with Gasteiger partial charge in [0.1, 0.15) is 5.82 Å². The zero-order valence-electron chi connectivity index (χ0n) is 12.9. The highest BCUT2D eigenvalue weighted by Crippen LogP contribution is 2.27. The number of imidazole rings is 1. The van der Waals surface area contributed by atoms with Crippen LogP contribution in [0.3, 0.4) is 0 Å². The molecule has 1 aliphatic heterocycles. The fourth-order valence-electron chi connectivity index (χ4n) is 3.25. The molecule has 1 aliphatic rings. The molecule has 4 nitrogen and oxygen atoms in total. The van der Waals surface area contributed by atoms with Crippen molar-refractivity contribution in [3.63, 3.8) is 0 Å². The van der Waals surface area contributed by atoms with Gasteiger partial charge in [-0.15, -0.1) is 0 Å². The van der Waals surface area contributed by atoms with E-state index < -0.39 is 0 Å². The van der Waals surface area contributed by atoms with E-state index in [0.29, 0.717) is 6.42 Å². The van der Waals surface area contributed by atoms with Crippen LogP contribution in [0.2, 0.25) is 0 Å². The van der Waals surface area contributed by atoms with E-state index >= 15 is 0 Å². The lowest BCUT2D eigenvalue weighted by Gasteiger charge is -2.16. The van der Waals surface area contributed by atoms with E-state index in [9.17, 15) is 4.79 Å². The Morgan fingerprint density at radius 2 is 1.87 bits per heavy atom. The Balaban J connectivity index is 1.45. The lowest BCUT2D eigenvalue weighted by atomic mass is 10.1. The highest BCUT2D eigenvalue weighted by molar-refractivity contribution is 5.80. The number of para-hydroxylation sites is 2. The van der Waals surface area contributed by atoms with E-state index in [1.54, 1.807) is 0 Å². The normalized spacial score (nSPS) is 18.0. The van der Waals surface area contributed by atoms with Crippen LogP contribution in [0.5, 0.6) is 0 Å². The van der Waals surface area contributed by atoms with E-state index in [0.717, 1.165) is 36.4 Å². The van der Waals surface area contributed by atoms with Crippen molar-refractivity contribution in [2.45, 2.75) is 18.8 Å². The number of carbonyl (C=O) groups is 1. The van der Waals surface area contributed by atoms with E-state index in [1.165, 1.54) is 5.56 Å². The summed E-state index contributed by atoms with van der Waals surface area (Å²) in [6.45, 7) is 1.53. The molecule has 0 aliphatic carbocycles. The Morgan fingerprint density at radius 3 is 2.70 bits per heavy atom. The Kier molecular flexibility index (Phi) is 3.58. The molecule has 116 valence electrons. The minimum Gasteiger partial charge on any atom is -0.342 e. The number of likely N-dealkylation sites (tertiary alicyclic amines) is 1. The summed E-state index contributed by atoms with van der Waals surface area (Å²) in [6, 6.07) is 18.3. The molecular formula is C19H19N3O. The fourth-order valence-corrected chi connectivity index (χ4v) is 3.25. The number of H-pyrrole nitrogens is 1. The lowest BCUT2D eigenvalue weighted by molar-refractivity contribution is -0.127. The number of fused-ring (bicyclic) bond motifs is 1. The van der Waals surface area contributed by atoms with Gasteiger partial charge in [0.25, 0.3) is 0 Å². The molecule has 1 atom stereocenters. The molecule has 4 rings (SSSR count). The maximum Gasteiger partial charge on any atom is 0.223 e. The number of rotatable bonds is 4. The lowest BCUT2D eigenvalue weighted by Crippen LogP contribution is -2.27. The van der Waals surface area contributed by atoms with Gasteiger partial charge in [0.2, 0.25) is 5.91 Å². The Morgan fingerprint density at radius 1 is 1.09 bits per heavy atom. The van der Waals surface area contributed by atoms with Crippen molar-refractivity contribution < 1.29 is 4.79 Å². The summed E-state index contributed by atoms with van der Waals surface area (Å²) in [5, 5.41) is 0. The third-order valence-electron chi connectivity index (χ3n) is 4.52. The molecule has 2 aromatic carbocycles. The first-order chi connectivity index (χ1) is 11.3. The average Bonchev–Trinajstić information content (AvgIpc) is 3.17. The number of carbonyl (C=O) groups excluding carboxylic acids is 1. The van der Waals surface area contributed by atoms with Crippen LogP contribution in [0, 0.1) is 0 Å². The van der Waals surface area contributed by atoms with Gasteiger partial charge < -0.3 is 9.88 Å². The molecule has 0 bridgehead atoms. The summed E-state index contributed by atoms with van der Waals surface area (Å²) in [6.07, 6.45) is 1.45. The van der Waals surface area contributed by atoms with Gasteiger partial charge in [0.15, 0.2) is 0 Å². The second kappa shape index (κ2) is 5.88. The largest absolute Gasteiger partial charge is 0.342 e. The molecule has 1 saturated heterocycles. The van der Waals surface area contributed by atoms with Crippen molar-refractivity contribution in [3.8, 4) is 0 Å². The number of amides is 1. The standard InChI is InChI=1S/C19H19N3O/c23-18-12-15(19-20-16-8-4-5-9-17(16)21-19)13-22(18)11-10-14-6-2-1-3-7-14/h1-9,15H,10-13H2,(H,20,21). The molecule has 0 spiro atoms. The SMILES string of the molecule is O=C1CC(c2nc3ccccc3[nH]2)CN1CCc1ccccc1. The maximum atomic E-state index is 12.3. The molecule has 3 aromatic rings. The van der Waals surface area contributed by atoms with Gasteiger partial charge >= 0.3 is 0 Å². The quantitative estimate of drug-likeness (QED) is 0.805. The van der Waals surface area contributed by atoms with Crippen LogP contribution in [0.1, 0.15) is 23.7 Å². The first-order valence-corrected chi connectivity index (χ1v) is 8.06. The summed E-state index contributed by atoms with van der Waals surface area (Å²) in [5.74, 6) is 1.33. The number of nitrogens with one attached hydrogen (secondary N) is 1. The molecule has 4 heteroatoms. The Labute approximate surface area is 135 Å². The Hall–Kier alpha value is -2.62. The molecule has 1 fully saturated rings. The average molecular weight is 305 g/mol. The second-order valence-electron chi connectivity index (χ2n) is 6.12. The van der Waals surface area contributed by atoms with Crippen molar-refractivity contribution >= 4 is 16.9 Å². The van der Waals surface area contributed by atoms with E-state index in [1.807, 2.05) is 47.4 Å². The summed E-state index contributed by atoms with van der Waals surface area (Å²) < 4.78 is 0. The number of nitrogens with zero attached hydrogens (tertiary/aromatic N) is 2. The summed E-state index contributed by atoms with van der Waals surface area (Å²) in [7, 11) is 0. The summed E-state index contributed by atoms with van der Waals surface area (Å²) in [4.78, 5) is 22.3. The number of benzene rings is 2. The molecule has 1 aromatic heterocycles. The number of hydrogen-bond acceptors (Lipinski definition) is 2. The van der Waals surface area contributed by atoms with Gasteiger partial charge in [0.05, 0.1) is 11.0 Å². The minimum absolute atomic E-state index is 0.172. The van der Waals surface area contributed by atoms with E-state index in [2.05, 4.69) is 22.1 Å². The highest BCUT2D eigenvalue weighted by Gasteiger charge is 2.32. The number of hydrogen-bond donors (Lipinski definition) is 1. The molecule has 0 radical (unpaired) electrons. The highest BCUT2D eigenvalue weighted by atomic mass is 16.2. The van der Waals surface area contributed by atoms with Gasteiger partial charge in [-0.05, 0) is 24.1 Å². The maximum absolute atomic E-state index is 12.3. The molecule has 1 unspecified atom stereocenters. The van der Waals surface area contributed by atoms with Crippen molar-refractivity contribution in [1.82, 2.24) is 14.9 Å². The minimum atomic E-state index is 0.172. The third kappa shape index (κ3) is 2.84. The number of aromatic nitrogens is 2. The molecule has 2 heterocycles. The van der Waals surface area contributed by atoms with Crippen LogP contribution < -0.4 is 0 Å². The van der Waals surface area contributed by atoms with Crippen molar-refractivity contribution in [3.05, 3.63) is 66.0 Å². The summed E-state index contributed by atoms with van der Waals surface area (Å²) in [5.41, 5.74) is 3.28. The molecule has 1 amide bonds. The molecule has 23 heavy (non-hydrogen) atoms. The molecule has 0 saturated carbocycles. The smallest absolute Gasteiger partial charge is 0.223 e. The van der Waals surface area contributed by atoms with Crippen LogP contribution in [0.4, 0.5) is 0 Å². The zero-order chi connectivity index (χ0) is 15.6. The van der Waals surface area contributed by atoms with Crippen LogP contribution in [0.15, 0.2) is 54.6 Å². The predicted molar refractivity (Wildman–Crippen MR) is 90.2 cm³/mol.